The van der Waals surface area contributed by atoms with Gasteiger partial charge in [-0.05, 0) is 6.42 Å². The van der Waals surface area contributed by atoms with Crippen molar-refractivity contribution in [1.29, 1.82) is 0 Å². The summed E-state index contributed by atoms with van der Waals surface area (Å²) in [5.74, 6) is 0. The molecule has 0 bridgehead atoms. The molecule has 0 saturated carbocycles. The van der Waals surface area contributed by atoms with Crippen molar-refractivity contribution in [2.24, 2.45) is 5.73 Å². The molecule has 1 unspecified atom stereocenters. The van der Waals surface area contributed by atoms with Gasteiger partial charge >= 0.3 is 0 Å². The zero-order valence-electron chi connectivity index (χ0n) is 7.29. The van der Waals surface area contributed by atoms with Crippen LogP contribution in [-0.2, 0) is 0 Å². The summed E-state index contributed by atoms with van der Waals surface area (Å²) in [7, 11) is 0. The highest BCUT2D eigenvalue weighted by atomic mass is 35.5. The maximum atomic E-state index is 12.1. The summed E-state index contributed by atoms with van der Waals surface area (Å²) in [5.41, 5.74) is 5.59. The van der Waals surface area contributed by atoms with E-state index in [2.05, 4.69) is 0 Å². The third kappa shape index (κ3) is 4.40. The van der Waals surface area contributed by atoms with Crippen LogP contribution in [0, 0.1) is 0 Å². The van der Waals surface area contributed by atoms with Gasteiger partial charge in [0.15, 0.2) is 0 Å². The van der Waals surface area contributed by atoms with Gasteiger partial charge in [-0.1, -0.05) is 0 Å². The van der Waals surface area contributed by atoms with Crippen LogP contribution in [0.1, 0.15) is 6.42 Å². The van der Waals surface area contributed by atoms with Gasteiger partial charge in [0.25, 0.3) is 0 Å². The zero-order valence-corrected chi connectivity index (χ0v) is 8.92. The minimum Gasteiger partial charge on any atom is -0.326 e. The third-order valence-corrected chi connectivity index (χ3v) is 2.13. The van der Waals surface area contributed by atoms with Crippen LogP contribution in [0.15, 0.2) is 0 Å². The fraction of sp³-hybridized carbons (Fsp3) is 1.00. The molecule has 0 radical (unpaired) electrons. The molecule has 2 N–H and O–H groups in total. The molecular formula is C7H16Cl2F2N2. The predicted molar refractivity (Wildman–Crippen MR) is 54.4 cm³/mol. The molecule has 0 spiro atoms. The smallest absolute Gasteiger partial charge is 0.107 e. The summed E-state index contributed by atoms with van der Waals surface area (Å²) in [6, 6.07) is -0.445. The van der Waals surface area contributed by atoms with Gasteiger partial charge in [0.2, 0.25) is 0 Å². The standard InChI is InChI=1S/C7H14F2N2.2ClH/c8-3-7(4-9)11-2-1-6(10)5-11;;/h6-7H,1-5,10H2;2*1H. The fourth-order valence-electron chi connectivity index (χ4n) is 1.38. The van der Waals surface area contributed by atoms with Gasteiger partial charge in [0.05, 0.1) is 6.04 Å². The molecule has 1 saturated heterocycles. The van der Waals surface area contributed by atoms with Gasteiger partial charge in [-0.25, -0.2) is 8.78 Å². The van der Waals surface area contributed by atoms with E-state index in [-0.39, 0.29) is 30.9 Å². The van der Waals surface area contributed by atoms with E-state index in [1.807, 2.05) is 0 Å². The number of nitrogens with zero attached hydrogens (tertiary/aromatic N) is 1. The second kappa shape index (κ2) is 7.74. The summed E-state index contributed by atoms with van der Waals surface area (Å²) >= 11 is 0. The van der Waals surface area contributed by atoms with Crippen molar-refractivity contribution < 1.29 is 8.78 Å². The second-order valence-electron chi connectivity index (χ2n) is 3.01. The number of nitrogens with two attached hydrogens (primary N) is 1. The zero-order chi connectivity index (χ0) is 8.27. The third-order valence-electron chi connectivity index (χ3n) is 2.13. The largest absolute Gasteiger partial charge is 0.326 e. The SMILES string of the molecule is Cl.Cl.NC1CCN(C(CF)CF)C1. The van der Waals surface area contributed by atoms with Crippen LogP contribution in [0.3, 0.4) is 0 Å². The van der Waals surface area contributed by atoms with Crippen LogP contribution in [0.4, 0.5) is 8.78 Å². The molecule has 1 aliphatic rings. The first-order chi connectivity index (χ1) is 5.27. The average molecular weight is 237 g/mol. The van der Waals surface area contributed by atoms with Crippen molar-refractivity contribution in [3.8, 4) is 0 Å². The van der Waals surface area contributed by atoms with E-state index < -0.39 is 19.4 Å². The van der Waals surface area contributed by atoms with Gasteiger partial charge in [-0.3, -0.25) is 4.90 Å². The first-order valence-corrected chi connectivity index (χ1v) is 3.89. The normalized spacial score (nSPS) is 22.6. The number of alkyl halides is 2. The van der Waals surface area contributed by atoms with Crippen LogP contribution in [0.25, 0.3) is 0 Å². The van der Waals surface area contributed by atoms with E-state index in [1.54, 1.807) is 4.90 Å². The Morgan fingerprint density at radius 2 is 1.85 bits per heavy atom. The van der Waals surface area contributed by atoms with E-state index in [0.717, 1.165) is 13.0 Å². The van der Waals surface area contributed by atoms with Gasteiger partial charge < -0.3 is 5.73 Å². The van der Waals surface area contributed by atoms with E-state index in [1.165, 1.54) is 0 Å². The first kappa shape index (κ1) is 15.8. The van der Waals surface area contributed by atoms with E-state index in [0.29, 0.717) is 6.54 Å². The Bertz CT molecular complexity index is 125. The molecule has 13 heavy (non-hydrogen) atoms. The molecule has 1 aliphatic heterocycles. The Balaban J connectivity index is 0. The molecule has 2 nitrogen and oxygen atoms in total. The van der Waals surface area contributed by atoms with Gasteiger partial charge in [-0.15, -0.1) is 24.8 Å². The highest BCUT2D eigenvalue weighted by Gasteiger charge is 2.25. The Labute approximate surface area is 89.7 Å². The summed E-state index contributed by atoms with van der Waals surface area (Å²) in [6.45, 7) is 0.157. The van der Waals surface area contributed by atoms with Gasteiger partial charge in [0, 0.05) is 19.1 Å². The minimum atomic E-state index is -0.608. The van der Waals surface area contributed by atoms with E-state index in [9.17, 15) is 8.78 Å². The lowest BCUT2D eigenvalue weighted by molar-refractivity contribution is 0.166. The summed E-state index contributed by atoms with van der Waals surface area (Å²) < 4.78 is 24.2. The molecule has 1 rings (SSSR count). The first-order valence-electron chi connectivity index (χ1n) is 3.89. The predicted octanol–water partition coefficient (Wildman–Crippen LogP) is 1.17. The van der Waals surface area contributed by atoms with Crippen molar-refractivity contribution in [3.05, 3.63) is 0 Å². The number of likely N-dealkylation sites (tertiary alicyclic amines) is 1. The number of hydrogen-bond donors (Lipinski definition) is 1. The summed E-state index contributed by atoms with van der Waals surface area (Å²) in [4.78, 5) is 1.78. The molecule has 1 atom stereocenters. The van der Waals surface area contributed by atoms with Crippen molar-refractivity contribution in [2.75, 3.05) is 26.4 Å². The highest BCUT2D eigenvalue weighted by molar-refractivity contribution is 5.85. The molecular weight excluding hydrogens is 221 g/mol. The molecule has 1 heterocycles. The van der Waals surface area contributed by atoms with Crippen molar-refractivity contribution in [3.63, 3.8) is 0 Å². The summed E-state index contributed by atoms with van der Waals surface area (Å²) in [5, 5.41) is 0. The molecule has 0 aromatic heterocycles. The lowest BCUT2D eigenvalue weighted by Gasteiger charge is -2.21. The molecule has 0 aromatic carbocycles. The highest BCUT2D eigenvalue weighted by Crippen LogP contribution is 2.11. The molecule has 82 valence electrons. The minimum absolute atomic E-state index is 0. The quantitative estimate of drug-likeness (QED) is 0.798. The average Bonchev–Trinajstić information content (AvgIpc) is 2.39. The molecule has 0 aromatic rings. The van der Waals surface area contributed by atoms with E-state index in [4.69, 9.17) is 5.73 Å². The Morgan fingerprint density at radius 1 is 1.31 bits per heavy atom. The molecule has 1 fully saturated rings. The Hall–Kier alpha value is 0.360. The molecule has 0 amide bonds. The van der Waals surface area contributed by atoms with Crippen LogP contribution in [0.5, 0.6) is 0 Å². The molecule has 6 heteroatoms. The monoisotopic (exact) mass is 236 g/mol. The fourth-order valence-corrected chi connectivity index (χ4v) is 1.38. The van der Waals surface area contributed by atoms with E-state index >= 15 is 0 Å². The number of hydrogen-bond acceptors (Lipinski definition) is 2. The number of rotatable bonds is 3. The Morgan fingerprint density at radius 3 is 2.15 bits per heavy atom. The summed E-state index contributed by atoms with van der Waals surface area (Å²) in [6.07, 6.45) is 0.858. The maximum absolute atomic E-state index is 12.1. The lowest BCUT2D eigenvalue weighted by atomic mass is 10.3. The van der Waals surface area contributed by atoms with Crippen molar-refractivity contribution in [1.82, 2.24) is 4.90 Å². The van der Waals surface area contributed by atoms with Gasteiger partial charge in [-0.2, -0.15) is 0 Å². The lowest BCUT2D eigenvalue weighted by Crippen LogP contribution is -2.38. The van der Waals surface area contributed by atoms with Crippen LogP contribution in [-0.4, -0.2) is 43.4 Å². The van der Waals surface area contributed by atoms with Crippen LogP contribution < -0.4 is 5.73 Å². The van der Waals surface area contributed by atoms with Crippen LogP contribution in [0.2, 0.25) is 0 Å². The topological polar surface area (TPSA) is 29.3 Å². The number of halogens is 4. The second-order valence-corrected chi connectivity index (χ2v) is 3.01. The van der Waals surface area contributed by atoms with Crippen molar-refractivity contribution in [2.45, 2.75) is 18.5 Å². The van der Waals surface area contributed by atoms with Crippen molar-refractivity contribution >= 4 is 24.8 Å². The maximum Gasteiger partial charge on any atom is 0.107 e. The Kier molecular flexibility index (Phi) is 9.41. The van der Waals surface area contributed by atoms with Gasteiger partial charge in [0.1, 0.15) is 13.3 Å². The molecule has 0 aliphatic carbocycles. The van der Waals surface area contributed by atoms with Crippen LogP contribution >= 0.6 is 24.8 Å².